The van der Waals surface area contributed by atoms with Gasteiger partial charge >= 0.3 is 0 Å². The lowest BCUT2D eigenvalue weighted by atomic mass is 9.97. The van der Waals surface area contributed by atoms with Crippen LogP contribution >= 0.6 is 0 Å². The highest BCUT2D eigenvalue weighted by atomic mass is 16.5. The van der Waals surface area contributed by atoms with Crippen LogP contribution in [0.3, 0.4) is 0 Å². The number of hydrogen-bond donors (Lipinski definition) is 0. The van der Waals surface area contributed by atoms with E-state index in [1.807, 2.05) is 18.5 Å². The van der Waals surface area contributed by atoms with Crippen molar-refractivity contribution in [2.75, 3.05) is 31.7 Å². The number of rotatable bonds is 5. The van der Waals surface area contributed by atoms with Crippen molar-refractivity contribution in [2.24, 2.45) is 0 Å². The fourth-order valence-corrected chi connectivity index (χ4v) is 3.15. The van der Waals surface area contributed by atoms with Crippen LogP contribution in [0.5, 0.6) is 0 Å². The second kappa shape index (κ2) is 6.92. The average molecular weight is 300 g/mol. The minimum absolute atomic E-state index is 0.461. The van der Waals surface area contributed by atoms with E-state index in [9.17, 15) is 0 Å². The maximum Gasteiger partial charge on any atom is 0.128 e. The molecule has 0 aromatic carbocycles. The van der Waals surface area contributed by atoms with Gasteiger partial charge in [0.2, 0.25) is 0 Å². The predicted molar refractivity (Wildman–Crippen MR) is 87.3 cm³/mol. The van der Waals surface area contributed by atoms with E-state index in [4.69, 9.17) is 4.74 Å². The van der Waals surface area contributed by atoms with Crippen molar-refractivity contribution >= 4 is 5.82 Å². The molecule has 1 saturated heterocycles. The molecule has 3 rings (SSSR count). The predicted octanol–water partition coefficient (Wildman–Crippen LogP) is 2.62. The van der Waals surface area contributed by atoms with Crippen molar-refractivity contribution in [1.29, 1.82) is 0 Å². The third kappa shape index (κ3) is 3.30. The third-order valence-corrected chi connectivity index (χ3v) is 4.30. The molecule has 0 saturated carbocycles. The van der Waals surface area contributed by atoms with Crippen LogP contribution in [-0.4, -0.2) is 41.3 Å². The molecule has 22 heavy (non-hydrogen) atoms. The summed E-state index contributed by atoms with van der Waals surface area (Å²) in [6.45, 7) is 5.76. The van der Waals surface area contributed by atoms with Crippen molar-refractivity contribution < 1.29 is 4.74 Å². The zero-order valence-electron chi connectivity index (χ0n) is 13.4. The molecule has 0 amide bonds. The number of hydrogen-bond acceptors (Lipinski definition) is 4. The van der Waals surface area contributed by atoms with E-state index in [2.05, 4.69) is 38.6 Å². The van der Waals surface area contributed by atoms with Gasteiger partial charge in [0.15, 0.2) is 0 Å². The van der Waals surface area contributed by atoms with Crippen molar-refractivity contribution in [3.8, 4) is 0 Å². The number of ether oxygens (including phenoxy) is 1. The summed E-state index contributed by atoms with van der Waals surface area (Å²) in [4.78, 5) is 11.5. The van der Waals surface area contributed by atoms with Gasteiger partial charge in [0, 0.05) is 51.3 Å². The van der Waals surface area contributed by atoms with Crippen LogP contribution in [-0.2, 0) is 11.3 Å². The van der Waals surface area contributed by atoms with Gasteiger partial charge in [-0.15, -0.1) is 0 Å². The van der Waals surface area contributed by atoms with Gasteiger partial charge in [-0.3, -0.25) is 0 Å². The quantitative estimate of drug-likeness (QED) is 0.851. The van der Waals surface area contributed by atoms with Crippen molar-refractivity contribution in [3.63, 3.8) is 0 Å². The molecule has 1 atom stereocenters. The van der Waals surface area contributed by atoms with Crippen LogP contribution < -0.4 is 4.90 Å². The lowest BCUT2D eigenvalue weighted by Crippen LogP contribution is -2.36. The maximum absolute atomic E-state index is 5.19. The van der Waals surface area contributed by atoms with E-state index in [-0.39, 0.29) is 0 Å². The fraction of sp³-hybridized carbons (Fsp3) is 0.529. The lowest BCUT2D eigenvalue weighted by Gasteiger charge is -2.33. The number of pyridine rings is 1. The SMILES string of the molecule is COCCn1ccnc1C1CCCN(c2cc(C)ccn2)C1. The van der Waals surface area contributed by atoms with Gasteiger partial charge in [0.05, 0.1) is 6.61 Å². The van der Waals surface area contributed by atoms with Crippen LogP contribution in [0.1, 0.15) is 30.1 Å². The molecule has 0 aliphatic carbocycles. The first-order valence-corrected chi connectivity index (χ1v) is 7.95. The molecule has 118 valence electrons. The number of imidazole rings is 1. The first-order valence-electron chi connectivity index (χ1n) is 7.95. The summed E-state index contributed by atoms with van der Waals surface area (Å²) in [6.07, 6.45) is 8.21. The van der Waals surface area contributed by atoms with Crippen molar-refractivity contribution in [2.45, 2.75) is 32.2 Å². The zero-order chi connectivity index (χ0) is 15.4. The van der Waals surface area contributed by atoms with Crippen LogP contribution in [0.2, 0.25) is 0 Å². The molecular formula is C17H24N4O. The van der Waals surface area contributed by atoms with Crippen molar-refractivity contribution in [3.05, 3.63) is 42.1 Å². The van der Waals surface area contributed by atoms with Crippen LogP contribution in [0.15, 0.2) is 30.7 Å². The molecule has 3 heterocycles. The summed E-state index contributed by atoms with van der Waals surface area (Å²) >= 11 is 0. The van der Waals surface area contributed by atoms with E-state index in [0.717, 1.165) is 32.1 Å². The Bertz CT molecular complexity index is 610. The van der Waals surface area contributed by atoms with Gasteiger partial charge in [0.25, 0.3) is 0 Å². The first-order chi connectivity index (χ1) is 10.8. The standard InChI is InChI=1S/C17H24N4O/c1-14-5-6-18-16(12-14)21-8-3-4-15(13-21)17-19-7-9-20(17)10-11-22-2/h5-7,9,12,15H,3-4,8,10-11,13H2,1-2H3. The molecular weight excluding hydrogens is 276 g/mol. The Morgan fingerprint density at radius 2 is 2.23 bits per heavy atom. The van der Waals surface area contributed by atoms with Gasteiger partial charge in [-0.2, -0.15) is 0 Å². The normalized spacial score (nSPS) is 18.6. The summed E-state index contributed by atoms with van der Waals surface area (Å²) in [5.41, 5.74) is 1.26. The van der Waals surface area contributed by atoms with E-state index in [1.165, 1.54) is 24.2 Å². The second-order valence-electron chi connectivity index (χ2n) is 5.95. The Morgan fingerprint density at radius 1 is 1.32 bits per heavy atom. The van der Waals surface area contributed by atoms with Gasteiger partial charge in [-0.25, -0.2) is 9.97 Å². The summed E-state index contributed by atoms with van der Waals surface area (Å²) in [5, 5.41) is 0. The molecule has 5 heteroatoms. The highest BCUT2D eigenvalue weighted by Crippen LogP contribution is 2.28. The lowest BCUT2D eigenvalue weighted by molar-refractivity contribution is 0.185. The molecule has 5 nitrogen and oxygen atoms in total. The topological polar surface area (TPSA) is 43.2 Å². The Morgan fingerprint density at radius 3 is 3.05 bits per heavy atom. The number of nitrogens with zero attached hydrogens (tertiary/aromatic N) is 4. The van der Waals surface area contributed by atoms with Gasteiger partial charge in [0.1, 0.15) is 11.6 Å². The first kappa shape index (κ1) is 15.0. The van der Waals surface area contributed by atoms with Crippen LogP contribution in [0.25, 0.3) is 0 Å². The molecule has 1 fully saturated rings. The number of anilines is 1. The Labute approximate surface area is 131 Å². The highest BCUT2D eigenvalue weighted by Gasteiger charge is 2.25. The molecule has 2 aromatic rings. The summed E-state index contributed by atoms with van der Waals surface area (Å²) in [5.74, 6) is 2.72. The highest BCUT2D eigenvalue weighted by molar-refractivity contribution is 5.41. The summed E-state index contributed by atoms with van der Waals surface area (Å²) in [7, 11) is 1.74. The fourth-order valence-electron chi connectivity index (χ4n) is 3.15. The zero-order valence-corrected chi connectivity index (χ0v) is 13.4. The second-order valence-corrected chi connectivity index (χ2v) is 5.95. The smallest absolute Gasteiger partial charge is 0.128 e. The molecule has 1 aliphatic heterocycles. The van der Waals surface area contributed by atoms with Gasteiger partial charge in [-0.1, -0.05) is 0 Å². The summed E-state index contributed by atoms with van der Waals surface area (Å²) < 4.78 is 7.42. The number of aryl methyl sites for hydroxylation is 1. The molecule has 1 aliphatic rings. The van der Waals surface area contributed by atoms with Crippen LogP contribution in [0, 0.1) is 6.92 Å². The van der Waals surface area contributed by atoms with Crippen molar-refractivity contribution in [1.82, 2.24) is 14.5 Å². The Hall–Kier alpha value is -1.88. The minimum Gasteiger partial charge on any atom is -0.383 e. The van der Waals surface area contributed by atoms with E-state index in [1.54, 1.807) is 7.11 Å². The van der Waals surface area contributed by atoms with Gasteiger partial charge in [-0.05, 0) is 37.5 Å². The number of aromatic nitrogens is 3. The van der Waals surface area contributed by atoms with E-state index in [0.29, 0.717) is 5.92 Å². The molecule has 0 bridgehead atoms. The Balaban J connectivity index is 1.74. The maximum atomic E-state index is 5.19. The number of methoxy groups -OCH3 is 1. The van der Waals surface area contributed by atoms with Gasteiger partial charge < -0.3 is 14.2 Å². The number of piperidine rings is 1. The largest absolute Gasteiger partial charge is 0.383 e. The van der Waals surface area contributed by atoms with E-state index < -0.39 is 0 Å². The molecule has 2 aromatic heterocycles. The molecule has 0 N–H and O–H groups in total. The minimum atomic E-state index is 0.461. The Kier molecular flexibility index (Phi) is 4.73. The summed E-state index contributed by atoms with van der Waals surface area (Å²) in [6, 6.07) is 4.21. The monoisotopic (exact) mass is 300 g/mol. The molecule has 0 radical (unpaired) electrons. The van der Waals surface area contributed by atoms with Crippen LogP contribution in [0.4, 0.5) is 5.82 Å². The molecule has 1 unspecified atom stereocenters. The third-order valence-electron chi connectivity index (χ3n) is 4.30. The molecule has 0 spiro atoms. The average Bonchev–Trinajstić information content (AvgIpc) is 3.01. The van der Waals surface area contributed by atoms with E-state index >= 15 is 0 Å².